The van der Waals surface area contributed by atoms with E-state index in [1.54, 1.807) is 11.3 Å². The van der Waals surface area contributed by atoms with Crippen LogP contribution in [-0.2, 0) is 0 Å². The molecule has 4 heteroatoms. The number of aryl methyl sites for hydroxylation is 2. The van der Waals surface area contributed by atoms with Crippen molar-refractivity contribution >= 4 is 28.2 Å². The van der Waals surface area contributed by atoms with Crippen LogP contribution in [0.3, 0.4) is 0 Å². The molecule has 0 aromatic carbocycles. The molecule has 0 fully saturated rings. The zero-order valence-corrected chi connectivity index (χ0v) is 10.3. The fraction of sp³-hybridized carbons (Fsp3) is 0.500. The average molecular weight is 228 g/mol. The van der Waals surface area contributed by atoms with Crippen molar-refractivity contribution in [3.05, 3.63) is 23.2 Å². The Morgan fingerprint density at radius 3 is 2.93 bits per heavy atom. The van der Waals surface area contributed by atoms with Gasteiger partial charge in [0.1, 0.15) is 0 Å². The van der Waals surface area contributed by atoms with Crippen LogP contribution < -0.4 is 5.32 Å². The Bertz CT molecular complexity index is 275. The van der Waals surface area contributed by atoms with E-state index in [1.807, 2.05) is 24.8 Å². The van der Waals surface area contributed by atoms with Gasteiger partial charge in [0.2, 0.25) is 0 Å². The molecule has 14 heavy (non-hydrogen) atoms. The van der Waals surface area contributed by atoms with Gasteiger partial charge >= 0.3 is 0 Å². The standard InChI is InChI=1S/C10H16N2S2/c1-4-6-13-7-5-11-10-12-8(2)9(3)14-10/h4H,1,5-7H2,2-3H3,(H,11,12). The molecule has 0 spiro atoms. The van der Waals surface area contributed by atoms with E-state index < -0.39 is 0 Å². The van der Waals surface area contributed by atoms with Crippen LogP contribution in [0.4, 0.5) is 5.13 Å². The van der Waals surface area contributed by atoms with Gasteiger partial charge in [-0.15, -0.1) is 17.9 Å². The molecule has 1 N–H and O–H groups in total. The second kappa shape index (κ2) is 6.09. The Balaban J connectivity index is 2.21. The number of thioether (sulfide) groups is 1. The van der Waals surface area contributed by atoms with Crippen molar-refractivity contribution in [3.63, 3.8) is 0 Å². The van der Waals surface area contributed by atoms with Crippen molar-refractivity contribution in [1.29, 1.82) is 0 Å². The SMILES string of the molecule is C=CCSCCNc1nc(C)c(C)s1. The van der Waals surface area contributed by atoms with Gasteiger partial charge in [-0.25, -0.2) is 4.98 Å². The number of rotatable bonds is 6. The molecule has 1 aromatic heterocycles. The molecule has 0 aliphatic heterocycles. The predicted molar refractivity (Wildman–Crippen MR) is 67.6 cm³/mol. The molecule has 0 amide bonds. The van der Waals surface area contributed by atoms with Crippen molar-refractivity contribution in [2.75, 3.05) is 23.4 Å². The molecule has 78 valence electrons. The lowest BCUT2D eigenvalue weighted by atomic mass is 10.4. The molecule has 0 saturated carbocycles. The third-order valence-corrected chi connectivity index (χ3v) is 3.78. The summed E-state index contributed by atoms with van der Waals surface area (Å²) in [7, 11) is 0. The summed E-state index contributed by atoms with van der Waals surface area (Å²) in [5, 5.41) is 4.36. The minimum atomic E-state index is 0.977. The van der Waals surface area contributed by atoms with E-state index in [4.69, 9.17) is 0 Å². The van der Waals surface area contributed by atoms with E-state index in [1.165, 1.54) is 4.88 Å². The predicted octanol–water partition coefficient (Wildman–Crippen LogP) is 3.09. The molecule has 0 atom stereocenters. The first-order valence-corrected chi connectivity index (χ1v) is 6.57. The van der Waals surface area contributed by atoms with Crippen molar-refractivity contribution in [2.24, 2.45) is 0 Å². The largest absolute Gasteiger partial charge is 0.361 e. The van der Waals surface area contributed by atoms with Crippen molar-refractivity contribution in [2.45, 2.75) is 13.8 Å². The quantitative estimate of drug-likeness (QED) is 0.598. The molecular weight excluding hydrogens is 212 g/mol. The highest BCUT2D eigenvalue weighted by atomic mass is 32.2. The van der Waals surface area contributed by atoms with Crippen LogP contribution in [0.5, 0.6) is 0 Å². The lowest BCUT2D eigenvalue weighted by molar-refractivity contribution is 1.17. The molecule has 1 aromatic rings. The van der Waals surface area contributed by atoms with Crippen LogP contribution in [0.25, 0.3) is 0 Å². The highest BCUT2D eigenvalue weighted by Gasteiger charge is 2.01. The average Bonchev–Trinajstić information content (AvgIpc) is 2.46. The van der Waals surface area contributed by atoms with Crippen molar-refractivity contribution in [1.82, 2.24) is 4.98 Å². The number of hydrogen-bond donors (Lipinski definition) is 1. The minimum Gasteiger partial charge on any atom is -0.361 e. The lowest BCUT2D eigenvalue weighted by Gasteiger charge is -2.00. The summed E-state index contributed by atoms with van der Waals surface area (Å²) in [6, 6.07) is 0. The molecule has 0 aliphatic rings. The molecule has 0 saturated heterocycles. The van der Waals surface area contributed by atoms with Gasteiger partial charge in [-0.2, -0.15) is 11.8 Å². The number of aromatic nitrogens is 1. The zero-order chi connectivity index (χ0) is 10.4. The second-order valence-electron chi connectivity index (χ2n) is 2.95. The van der Waals surface area contributed by atoms with E-state index in [9.17, 15) is 0 Å². The van der Waals surface area contributed by atoms with E-state index in [0.29, 0.717) is 0 Å². The Kier molecular flexibility index (Phi) is 5.04. The number of nitrogens with one attached hydrogen (secondary N) is 1. The molecule has 2 nitrogen and oxygen atoms in total. The van der Waals surface area contributed by atoms with Gasteiger partial charge in [-0.05, 0) is 13.8 Å². The molecule has 0 radical (unpaired) electrons. The van der Waals surface area contributed by atoms with Crippen LogP contribution in [0.1, 0.15) is 10.6 Å². The third kappa shape index (κ3) is 3.72. The number of nitrogens with zero attached hydrogens (tertiary/aromatic N) is 1. The molecule has 1 heterocycles. The molecule has 0 bridgehead atoms. The van der Waals surface area contributed by atoms with Gasteiger partial charge in [-0.1, -0.05) is 6.08 Å². The normalized spacial score (nSPS) is 10.1. The maximum Gasteiger partial charge on any atom is 0.183 e. The van der Waals surface area contributed by atoms with Gasteiger partial charge in [0.05, 0.1) is 5.69 Å². The minimum absolute atomic E-state index is 0.977. The maximum atomic E-state index is 4.41. The first kappa shape index (κ1) is 11.6. The van der Waals surface area contributed by atoms with E-state index in [-0.39, 0.29) is 0 Å². The summed E-state index contributed by atoms with van der Waals surface area (Å²) in [6.07, 6.45) is 1.93. The van der Waals surface area contributed by atoms with E-state index in [0.717, 1.165) is 28.9 Å². The fourth-order valence-electron chi connectivity index (χ4n) is 0.945. The van der Waals surface area contributed by atoms with Crippen LogP contribution in [0.2, 0.25) is 0 Å². The van der Waals surface area contributed by atoms with Crippen LogP contribution in [0.15, 0.2) is 12.7 Å². The Hall–Kier alpha value is -0.480. The Labute approximate surface area is 93.8 Å². The third-order valence-electron chi connectivity index (χ3n) is 1.79. The van der Waals surface area contributed by atoms with Crippen LogP contribution >= 0.6 is 23.1 Å². The first-order valence-electron chi connectivity index (χ1n) is 4.60. The van der Waals surface area contributed by atoms with E-state index >= 15 is 0 Å². The molecular formula is C10H16N2S2. The Morgan fingerprint density at radius 2 is 2.36 bits per heavy atom. The molecule has 1 rings (SSSR count). The van der Waals surface area contributed by atoms with Gasteiger partial charge < -0.3 is 5.32 Å². The molecule has 0 unspecified atom stereocenters. The number of anilines is 1. The summed E-state index contributed by atoms with van der Waals surface area (Å²) < 4.78 is 0. The summed E-state index contributed by atoms with van der Waals surface area (Å²) in [5.41, 5.74) is 1.14. The summed E-state index contributed by atoms with van der Waals surface area (Å²) in [6.45, 7) is 8.80. The summed E-state index contributed by atoms with van der Waals surface area (Å²) in [5.74, 6) is 2.13. The monoisotopic (exact) mass is 228 g/mol. The number of thiazole rings is 1. The smallest absolute Gasteiger partial charge is 0.183 e. The second-order valence-corrected chi connectivity index (χ2v) is 5.30. The highest BCUT2D eigenvalue weighted by Crippen LogP contribution is 2.20. The summed E-state index contributed by atoms with van der Waals surface area (Å²) in [4.78, 5) is 5.70. The lowest BCUT2D eigenvalue weighted by Crippen LogP contribution is -2.03. The fourth-order valence-corrected chi connectivity index (χ4v) is 2.37. The van der Waals surface area contributed by atoms with Gasteiger partial charge in [-0.3, -0.25) is 0 Å². The van der Waals surface area contributed by atoms with Gasteiger partial charge in [0.25, 0.3) is 0 Å². The zero-order valence-electron chi connectivity index (χ0n) is 8.67. The Morgan fingerprint density at radius 1 is 1.57 bits per heavy atom. The van der Waals surface area contributed by atoms with Crippen LogP contribution in [-0.4, -0.2) is 23.0 Å². The maximum absolute atomic E-state index is 4.41. The van der Waals surface area contributed by atoms with Crippen molar-refractivity contribution < 1.29 is 0 Å². The topological polar surface area (TPSA) is 24.9 Å². The highest BCUT2D eigenvalue weighted by molar-refractivity contribution is 7.99. The van der Waals surface area contributed by atoms with Gasteiger partial charge in [0.15, 0.2) is 5.13 Å². The number of hydrogen-bond acceptors (Lipinski definition) is 4. The summed E-state index contributed by atoms with van der Waals surface area (Å²) >= 11 is 3.61. The molecule has 0 aliphatic carbocycles. The first-order chi connectivity index (χ1) is 6.74. The van der Waals surface area contributed by atoms with Gasteiger partial charge in [0, 0.05) is 22.9 Å². The van der Waals surface area contributed by atoms with Crippen LogP contribution in [0, 0.1) is 13.8 Å². The van der Waals surface area contributed by atoms with Crippen molar-refractivity contribution in [3.8, 4) is 0 Å². The van der Waals surface area contributed by atoms with E-state index in [2.05, 4.69) is 23.8 Å².